The Labute approximate surface area is 83.5 Å². The van der Waals surface area contributed by atoms with E-state index in [1.54, 1.807) is 0 Å². The molecule has 2 fully saturated rings. The van der Waals surface area contributed by atoms with Crippen molar-refractivity contribution in [3.05, 3.63) is 35.9 Å². The summed E-state index contributed by atoms with van der Waals surface area (Å²) < 4.78 is 0. The molecule has 1 amide bonds. The van der Waals surface area contributed by atoms with Crippen molar-refractivity contribution in [2.24, 2.45) is 0 Å². The lowest BCUT2D eigenvalue weighted by molar-refractivity contribution is 0.0856. The molecule has 0 bridgehead atoms. The van der Waals surface area contributed by atoms with Crippen molar-refractivity contribution in [3.63, 3.8) is 0 Å². The molecule has 0 unspecified atom stereocenters. The van der Waals surface area contributed by atoms with Gasteiger partial charge >= 0.3 is 0 Å². The zero-order valence-electron chi connectivity index (χ0n) is 8.02. The van der Waals surface area contributed by atoms with Crippen LogP contribution in [0.1, 0.15) is 29.6 Å². The highest BCUT2D eigenvalue weighted by molar-refractivity contribution is 5.96. The van der Waals surface area contributed by atoms with Gasteiger partial charge in [-0.05, 0) is 31.4 Å². The van der Waals surface area contributed by atoms with Crippen molar-refractivity contribution < 1.29 is 4.79 Å². The van der Waals surface area contributed by atoms with Gasteiger partial charge in [-0.2, -0.15) is 0 Å². The number of carbonyl (C=O) groups excluding carboxylic acids is 1. The Morgan fingerprint density at radius 1 is 1.14 bits per heavy atom. The molecule has 0 radical (unpaired) electrons. The van der Waals surface area contributed by atoms with Crippen LogP contribution in [0.25, 0.3) is 0 Å². The molecule has 72 valence electrons. The van der Waals surface area contributed by atoms with Crippen molar-refractivity contribution in [3.8, 4) is 0 Å². The molecule has 1 aliphatic heterocycles. The summed E-state index contributed by atoms with van der Waals surface area (Å²) in [4.78, 5) is 14.0. The molecule has 1 heterocycles. The average Bonchev–Trinajstić information content (AvgIpc) is 2.72. The normalized spacial score (nSPS) is 28.7. The fraction of sp³-hybridized carbons (Fsp3) is 0.417. The highest BCUT2D eigenvalue weighted by Gasteiger charge is 2.53. The van der Waals surface area contributed by atoms with E-state index in [-0.39, 0.29) is 5.91 Å². The zero-order chi connectivity index (χ0) is 9.54. The number of hydrogen-bond donors (Lipinski definition) is 0. The first-order chi connectivity index (χ1) is 6.88. The first-order valence-corrected chi connectivity index (χ1v) is 5.25. The Kier molecular flexibility index (Phi) is 1.63. The van der Waals surface area contributed by atoms with Gasteiger partial charge in [-0.3, -0.25) is 4.79 Å². The standard InChI is InChI=1S/C12H13NO/c14-12(9-5-2-1-3-6-9)13-10-7-4-8-11(10)13/h1-3,5-6,10-11H,4,7-8H2/t10-,11+,13?. The van der Waals surface area contributed by atoms with Crippen LogP contribution in [0.2, 0.25) is 0 Å². The van der Waals surface area contributed by atoms with Crippen LogP contribution < -0.4 is 0 Å². The van der Waals surface area contributed by atoms with Gasteiger partial charge in [0.1, 0.15) is 0 Å². The Morgan fingerprint density at radius 3 is 2.43 bits per heavy atom. The van der Waals surface area contributed by atoms with Crippen LogP contribution in [0, 0.1) is 0 Å². The molecule has 14 heavy (non-hydrogen) atoms. The van der Waals surface area contributed by atoms with Gasteiger partial charge in [0, 0.05) is 5.56 Å². The van der Waals surface area contributed by atoms with Crippen molar-refractivity contribution in [2.45, 2.75) is 31.3 Å². The lowest BCUT2D eigenvalue weighted by atomic mass is 10.2. The fourth-order valence-corrected chi connectivity index (χ4v) is 2.57. The van der Waals surface area contributed by atoms with Crippen LogP contribution >= 0.6 is 0 Å². The van der Waals surface area contributed by atoms with Crippen LogP contribution in [0.15, 0.2) is 30.3 Å². The zero-order valence-corrected chi connectivity index (χ0v) is 8.02. The summed E-state index contributed by atoms with van der Waals surface area (Å²) in [5.41, 5.74) is 0.835. The maximum Gasteiger partial charge on any atom is 0.254 e. The van der Waals surface area contributed by atoms with Gasteiger partial charge in [-0.15, -0.1) is 0 Å². The number of fused-ring (bicyclic) bond motifs is 1. The molecule has 1 saturated heterocycles. The summed E-state index contributed by atoms with van der Waals surface area (Å²) in [6.45, 7) is 0. The number of nitrogens with zero attached hydrogens (tertiary/aromatic N) is 1. The molecule has 1 aromatic carbocycles. The molecular weight excluding hydrogens is 174 g/mol. The summed E-state index contributed by atoms with van der Waals surface area (Å²) >= 11 is 0. The molecule has 1 aliphatic carbocycles. The van der Waals surface area contributed by atoms with E-state index < -0.39 is 0 Å². The van der Waals surface area contributed by atoms with Crippen molar-refractivity contribution in [2.75, 3.05) is 0 Å². The highest BCUT2D eigenvalue weighted by atomic mass is 16.2. The molecule has 1 aromatic rings. The lowest BCUT2D eigenvalue weighted by Gasteiger charge is -2.07. The monoisotopic (exact) mass is 187 g/mol. The quantitative estimate of drug-likeness (QED) is 0.616. The number of amides is 1. The second-order valence-corrected chi connectivity index (χ2v) is 4.14. The molecule has 0 spiro atoms. The minimum Gasteiger partial charge on any atom is -0.329 e. The number of hydrogen-bond acceptors (Lipinski definition) is 1. The van der Waals surface area contributed by atoms with Gasteiger partial charge in [0.05, 0.1) is 12.1 Å². The van der Waals surface area contributed by atoms with Crippen molar-refractivity contribution in [1.29, 1.82) is 0 Å². The van der Waals surface area contributed by atoms with E-state index in [0.717, 1.165) is 5.56 Å². The van der Waals surface area contributed by atoms with E-state index in [0.29, 0.717) is 12.1 Å². The molecule has 2 heteroatoms. The third-order valence-electron chi connectivity index (χ3n) is 3.32. The van der Waals surface area contributed by atoms with Crippen LogP contribution in [0.3, 0.4) is 0 Å². The van der Waals surface area contributed by atoms with Gasteiger partial charge in [-0.1, -0.05) is 18.2 Å². The lowest BCUT2D eigenvalue weighted by Crippen LogP contribution is -2.16. The van der Waals surface area contributed by atoms with Gasteiger partial charge in [0.2, 0.25) is 0 Å². The van der Waals surface area contributed by atoms with Crippen molar-refractivity contribution in [1.82, 2.24) is 4.90 Å². The summed E-state index contributed by atoms with van der Waals surface area (Å²) in [7, 11) is 0. The van der Waals surface area contributed by atoms with Gasteiger partial charge < -0.3 is 4.90 Å². The van der Waals surface area contributed by atoms with E-state index in [2.05, 4.69) is 0 Å². The van der Waals surface area contributed by atoms with E-state index in [4.69, 9.17) is 0 Å². The predicted molar refractivity (Wildman–Crippen MR) is 54.0 cm³/mol. The summed E-state index contributed by atoms with van der Waals surface area (Å²) in [5.74, 6) is 0.223. The van der Waals surface area contributed by atoms with Gasteiger partial charge in [0.25, 0.3) is 5.91 Å². The van der Waals surface area contributed by atoms with Crippen LogP contribution in [-0.2, 0) is 0 Å². The van der Waals surface area contributed by atoms with Crippen LogP contribution in [-0.4, -0.2) is 22.9 Å². The topological polar surface area (TPSA) is 20.1 Å². The first-order valence-electron chi connectivity index (χ1n) is 5.25. The van der Waals surface area contributed by atoms with Crippen LogP contribution in [0.5, 0.6) is 0 Å². The number of rotatable bonds is 1. The minimum atomic E-state index is 0.223. The number of piperidine rings is 1. The highest BCUT2D eigenvalue weighted by Crippen LogP contribution is 2.43. The molecule has 2 atom stereocenters. The molecule has 2 nitrogen and oxygen atoms in total. The number of benzene rings is 1. The molecule has 3 rings (SSSR count). The molecule has 0 aromatic heterocycles. The maximum atomic E-state index is 11.9. The molecular formula is C12H13NO. The van der Waals surface area contributed by atoms with Crippen LogP contribution in [0.4, 0.5) is 0 Å². The number of likely N-dealkylation sites (tertiary alicyclic amines) is 1. The summed E-state index contributed by atoms with van der Waals surface area (Å²) in [5, 5.41) is 0. The first kappa shape index (κ1) is 8.04. The predicted octanol–water partition coefficient (Wildman–Crippen LogP) is 2.06. The van der Waals surface area contributed by atoms with Gasteiger partial charge in [0.15, 0.2) is 0 Å². The Bertz CT molecular complexity index is 350. The Hall–Kier alpha value is -1.31. The summed E-state index contributed by atoms with van der Waals surface area (Å²) in [6.07, 6.45) is 3.72. The van der Waals surface area contributed by atoms with Gasteiger partial charge in [-0.25, -0.2) is 0 Å². The molecule has 1 saturated carbocycles. The number of carbonyl (C=O) groups is 1. The largest absolute Gasteiger partial charge is 0.329 e. The molecule has 0 N–H and O–H groups in total. The Morgan fingerprint density at radius 2 is 1.79 bits per heavy atom. The van der Waals surface area contributed by atoms with E-state index >= 15 is 0 Å². The van der Waals surface area contributed by atoms with E-state index in [1.165, 1.54) is 19.3 Å². The minimum absolute atomic E-state index is 0.223. The van der Waals surface area contributed by atoms with E-state index in [1.807, 2.05) is 35.2 Å². The van der Waals surface area contributed by atoms with Crippen molar-refractivity contribution >= 4 is 5.91 Å². The second kappa shape index (κ2) is 2.84. The third-order valence-corrected chi connectivity index (χ3v) is 3.32. The SMILES string of the molecule is O=C(c1ccccc1)N1[C@@H]2CCC[C@@H]21. The third kappa shape index (κ3) is 1.07. The molecule has 2 aliphatic rings. The Balaban J connectivity index is 1.79. The second-order valence-electron chi connectivity index (χ2n) is 4.14. The summed E-state index contributed by atoms with van der Waals surface area (Å²) in [6, 6.07) is 10.7. The van der Waals surface area contributed by atoms with E-state index in [9.17, 15) is 4.79 Å². The fourth-order valence-electron chi connectivity index (χ4n) is 2.57. The maximum absolute atomic E-state index is 11.9. The smallest absolute Gasteiger partial charge is 0.254 e. The average molecular weight is 187 g/mol.